The Morgan fingerprint density at radius 2 is 1.91 bits per heavy atom. The Hall–Kier alpha value is -2.89. The van der Waals surface area contributed by atoms with E-state index in [0.717, 1.165) is 37.9 Å². The Bertz CT molecular complexity index is 1220. The quantitative estimate of drug-likeness (QED) is 0.536. The molecule has 3 aromatic rings. The number of aromatic nitrogens is 3. The molecular weight excluding hydrogens is 468 g/mol. The molecule has 0 unspecified atom stereocenters. The molecule has 0 radical (unpaired) electrons. The van der Waals surface area contributed by atoms with Gasteiger partial charge in [-0.05, 0) is 12.6 Å². The molecule has 176 valence electrons. The van der Waals surface area contributed by atoms with Gasteiger partial charge in [0.1, 0.15) is 29.1 Å². The largest absolute Gasteiger partial charge is 0.495 e. The van der Waals surface area contributed by atoms with E-state index in [1.807, 2.05) is 0 Å². The van der Waals surface area contributed by atoms with Crippen LogP contribution in [0.4, 0.5) is 10.8 Å². The van der Waals surface area contributed by atoms with E-state index >= 15 is 0 Å². The highest BCUT2D eigenvalue weighted by Crippen LogP contribution is 2.35. The third-order valence-corrected chi connectivity index (χ3v) is 6.91. The molecule has 10 nitrogen and oxygen atoms in total. The van der Waals surface area contributed by atoms with Crippen LogP contribution >= 0.6 is 22.9 Å². The standard InChI is InChI=1S/C21H25ClN6O4S/c1-4-26-5-7-27(8-6-26)21-25-19-18(33-21)20(30)28(12-23-19)11-17(29)24-14-9-13(22)15(31-2)10-16(14)32-3/h9-10,12H,4-8,11H2,1-3H3,(H,24,29). The van der Waals surface area contributed by atoms with Gasteiger partial charge in [-0.3, -0.25) is 14.2 Å². The van der Waals surface area contributed by atoms with Crippen LogP contribution in [0.1, 0.15) is 6.92 Å². The van der Waals surface area contributed by atoms with Gasteiger partial charge >= 0.3 is 0 Å². The fourth-order valence-corrected chi connectivity index (χ4v) is 4.90. The van der Waals surface area contributed by atoms with Crippen molar-refractivity contribution < 1.29 is 14.3 Å². The first-order valence-electron chi connectivity index (χ1n) is 10.5. The van der Waals surface area contributed by atoms with Gasteiger partial charge in [0.15, 0.2) is 10.8 Å². The Balaban J connectivity index is 1.51. The first-order chi connectivity index (χ1) is 15.9. The lowest BCUT2D eigenvalue weighted by atomic mass is 10.2. The number of hydrogen-bond acceptors (Lipinski definition) is 9. The molecule has 4 rings (SSSR count). The van der Waals surface area contributed by atoms with Gasteiger partial charge in [0.05, 0.1) is 24.9 Å². The average molecular weight is 493 g/mol. The summed E-state index contributed by atoms with van der Waals surface area (Å²) in [4.78, 5) is 39.1. The lowest BCUT2D eigenvalue weighted by molar-refractivity contribution is -0.116. The van der Waals surface area contributed by atoms with Gasteiger partial charge < -0.3 is 24.6 Å². The Morgan fingerprint density at radius 3 is 2.58 bits per heavy atom. The molecule has 0 spiro atoms. The molecule has 0 aliphatic carbocycles. The average Bonchev–Trinajstić information content (AvgIpc) is 3.26. The predicted molar refractivity (Wildman–Crippen MR) is 129 cm³/mol. The van der Waals surface area contributed by atoms with Crippen molar-refractivity contribution >= 4 is 50.0 Å². The molecule has 1 aliphatic rings. The van der Waals surface area contributed by atoms with Gasteiger partial charge in [-0.15, -0.1) is 0 Å². The number of nitrogens with zero attached hydrogens (tertiary/aromatic N) is 5. The number of anilines is 2. The summed E-state index contributed by atoms with van der Waals surface area (Å²) < 4.78 is 12.2. The summed E-state index contributed by atoms with van der Waals surface area (Å²) in [6.07, 6.45) is 1.35. The molecule has 12 heteroatoms. The molecule has 0 bridgehead atoms. The molecule has 1 amide bonds. The van der Waals surface area contributed by atoms with Gasteiger partial charge in [-0.2, -0.15) is 4.98 Å². The normalized spacial score (nSPS) is 14.5. The second kappa shape index (κ2) is 9.94. The van der Waals surface area contributed by atoms with Crippen molar-refractivity contribution in [3.05, 3.63) is 33.8 Å². The van der Waals surface area contributed by atoms with Gasteiger partial charge in [0, 0.05) is 32.2 Å². The molecule has 0 saturated carbocycles. The maximum absolute atomic E-state index is 13.0. The first kappa shape index (κ1) is 23.3. The number of carbonyl (C=O) groups is 1. The number of methoxy groups -OCH3 is 2. The Labute approximate surface area is 199 Å². The van der Waals surface area contributed by atoms with Crippen molar-refractivity contribution in [2.45, 2.75) is 13.5 Å². The van der Waals surface area contributed by atoms with Crippen molar-refractivity contribution in [2.75, 3.05) is 57.2 Å². The van der Waals surface area contributed by atoms with E-state index in [2.05, 4.69) is 32.0 Å². The van der Waals surface area contributed by atoms with Crippen LogP contribution in [0, 0.1) is 0 Å². The van der Waals surface area contributed by atoms with E-state index in [0.29, 0.717) is 32.6 Å². The fraction of sp³-hybridized carbons (Fsp3) is 0.429. The predicted octanol–water partition coefficient (Wildman–Crippen LogP) is 2.30. The van der Waals surface area contributed by atoms with Gasteiger partial charge in [-0.25, -0.2) is 4.98 Å². The summed E-state index contributed by atoms with van der Waals surface area (Å²) in [7, 11) is 2.97. The summed E-state index contributed by atoms with van der Waals surface area (Å²) in [6.45, 7) is 6.60. The van der Waals surface area contributed by atoms with Crippen LogP contribution < -0.4 is 25.2 Å². The van der Waals surface area contributed by atoms with Gasteiger partial charge in [0.2, 0.25) is 5.91 Å². The third kappa shape index (κ3) is 4.90. The summed E-state index contributed by atoms with van der Waals surface area (Å²) >= 11 is 7.48. The molecule has 1 N–H and O–H groups in total. The van der Waals surface area contributed by atoms with Crippen LogP contribution in [0.15, 0.2) is 23.3 Å². The van der Waals surface area contributed by atoms with E-state index in [-0.39, 0.29) is 12.1 Å². The number of halogens is 1. The van der Waals surface area contributed by atoms with E-state index in [1.54, 1.807) is 6.07 Å². The minimum Gasteiger partial charge on any atom is -0.495 e. The van der Waals surface area contributed by atoms with Crippen LogP contribution in [-0.2, 0) is 11.3 Å². The monoisotopic (exact) mass is 492 g/mol. The summed E-state index contributed by atoms with van der Waals surface area (Å²) in [5, 5.41) is 3.83. The highest BCUT2D eigenvalue weighted by atomic mass is 35.5. The molecular formula is C21H25ClN6O4S. The number of piperazine rings is 1. The minimum atomic E-state index is -0.418. The maximum atomic E-state index is 13.0. The molecule has 1 saturated heterocycles. The van der Waals surface area contributed by atoms with E-state index in [1.165, 1.54) is 42.5 Å². The first-order valence-corrected chi connectivity index (χ1v) is 11.7. The molecule has 1 aromatic carbocycles. The van der Waals surface area contributed by atoms with Crippen LogP contribution in [0.25, 0.3) is 10.3 Å². The molecule has 33 heavy (non-hydrogen) atoms. The fourth-order valence-electron chi connectivity index (χ4n) is 3.64. The number of rotatable bonds is 7. The van der Waals surface area contributed by atoms with E-state index < -0.39 is 5.91 Å². The van der Waals surface area contributed by atoms with Crippen molar-refractivity contribution in [1.82, 2.24) is 19.4 Å². The number of nitrogens with one attached hydrogen (secondary N) is 1. The van der Waals surface area contributed by atoms with Crippen LogP contribution in [0.2, 0.25) is 5.02 Å². The molecule has 2 aromatic heterocycles. The van der Waals surface area contributed by atoms with Gasteiger partial charge in [0.25, 0.3) is 5.56 Å². The highest BCUT2D eigenvalue weighted by Gasteiger charge is 2.21. The number of fused-ring (bicyclic) bond motifs is 1. The van der Waals surface area contributed by atoms with E-state index in [9.17, 15) is 9.59 Å². The number of ether oxygens (including phenoxy) is 2. The molecule has 1 aliphatic heterocycles. The second-order valence-corrected chi connectivity index (χ2v) is 8.87. The molecule has 0 atom stereocenters. The Morgan fingerprint density at radius 1 is 1.18 bits per heavy atom. The highest BCUT2D eigenvalue weighted by molar-refractivity contribution is 7.22. The third-order valence-electron chi connectivity index (χ3n) is 5.52. The zero-order chi connectivity index (χ0) is 23.5. The number of hydrogen-bond donors (Lipinski definition) is 1. The summed E-state index contributed by atoms with van der Waals surface area (Å²) in [5.41, 5.74) is 0.477. The SMILES string of the molecule is CCN1CCN(c2nc3ncn(CC(=O)Nc4cc(Cl)c(OC)cc4OC)c(=O)c3s2)CC1. The van der Waals surface area contributed by atoms with Crippen LogP contribution in [0.3, 0.4) is 0 Å². The number of likely N-dealkylation sites (N-methyl/N-ethyl adjacent to an activating group) is 1. The minimum absolute atomic E-state index is 0.211. The van der Waals surface area contributed by atoms with Crippen molar-refractivity contribution in [1.29, 1.82) is 0 Å². The van der Waals surface area contributed by atoms with Crippen LogP contribution in [-0.4, -0.2) is 72.3 Å². The second-order valence-electron chi connectivity index (χ2n) is 7.48. The lowest BCUT2D eigenvalue weighted by Crippen LogP contribution is -2.46. The summed E-state index contributed by atoms with van der Waals surface area (Å²) in [5.74, 6) is 0.397. The molecule has 3 heterocycles. The smallest absolute Gasteiger partial charge is 0.273 e. The maximum Gasteiger partial charge on any atom is 0.273 e. The van der Waals surface area contributed by atoms with Crippen LogP contribution in [0.5, 0.6) is 11.5 Å². The zero-order valence-corrected chi connectivity index (χ0v) is 20.2. The number of benzene rings is 1. The topological polar surface area (TPSA) is 102 Å². The van der Waals surface area contributed by atoms with Gasteiger partial charge in [-0.1, -0.05) is 29.9 Å². The zero-order valence-electron chi connectivity index (χ0n) is 18.6. The van der Waals surface area contributed by atoms with Crippen molar-refractivity contribution in [3.8, 4) is 11.5 Å². The number of amides is 1. The van der Waals surface area contributed by atoms with Crippen molar-refractivity contribution in [3.63, 3.8) is 0 Å². The van der Waals surface area contributed by atoms with Crippen molar-refractivity contribution in [2.24, 2.45) is 0 Å². The molecule has 1 fully saturated rings. The van der Waals surface area contributed by atoms with E-state index in [4.69, 9.17) is 21.1 Å². The Kier molecular flexibility index (Phi) is 7.01. The lowest BCUT2D eigenvalue weighted by Gasteiger charge is -2.33. The number of carbonyl (C=O) groups excluding carboxylic acids is 1. The summed E-state index contributed by atoms with van der Waals surface area (Å²) in [6, 6.07) is 3.12. The number of thiazole rings is 1.